The molecule has 35 heavy (non-hydrogen) atoms. The monoisotopic (exact) mass is 486 g/mol. The molecule has 0 aromatic carbocycles. The largest absolute Gasteiger partial charge is 0.376 e. The average Bonchev–Trinajstić information content (AvgIpc) is 3.34. The molecule has 2 saturated heterocycles. The summed E-state index contributed by atoms with van der Waals surface area (Å²) in [6.07, 6.45) is 12.9. The molecule has 3 aliphatic rings. The Kier molecular flexibility index (Phi) is 9.00. The highest BCUT2D eigenvalue weighted by molar-refractivity contribution is 5.99. The number of pyridine rings is 1. The van der Waals surface area contributed by atoms with Crippen molar-refractivity contribution in [3.8, 4) is 0 Å². The quantitative estimate of drug-likeness (QED) is 0.668. The van der Waals surface area contributed by atoms with Gasteiger partial charge in [0.15, 0.2) is 0 Å². The van der Waals surface area contributed by atoms with Crippen LogP contribution in [-0.4, -0.2) is 77.2 Å². The molecule has 0 spiro atoms. The van der Waals surface area contributed by atoms with E-state index in [9.17, 15) is 14.4 Å². The van der Waals surface area contributed by atoms with Crippen molar-refractivity contribution < 1.29 is 14.3 Å². The average molecular weight is 487 g/mol. The van der Waals surface area contributed by atoms with E-state index in [0.29, 0.717) is 25.7 Å². The molecule has 194 valence electrons. The van der Waals surface area contributed by atoms with Crippen LogP contribution >= 0.6 is 0 Å². The molecule has 1 aromatic heterocycles. The summed E-state index contributed by atoms with van der Waals surface area (Å²) in [6.45, 7) is 8.31. The second-order valence-corrected chi connectivity index (χ2v) is 10.7. The Bertz CT molecular complexity index is 922. The van der Waals surface area contributed by atoms with Gasteiger partial charge >= 0.3 is 0 Å². The van der Waals surface area contributed by atoms with Gasteiger partial charge in [-0.3, -0.25) is 19.3 Å². The van der Waals surface area contributed by atoms with Crippen molar-refractivity contribution in [2.75, 3.05) is 32.8 Å². The van der Waals surface area contributed by atoms with Gasteiger partial charge in [0.1, 0.15) is 11.1 Å². The maximum Gasteiger partial charge on any atom is 0.259 e. The molecule has 1 atom stereocenters. The summed E-state index contributed by atoms with van der Waals surface area (Å²) < 4.78 is 7.61. The standard InChI is InChI=1S/C27H42N4O4/c1-20(2)30-12-14-31(15-13-30)27(34)24-19-29(17-22-11-8-16-35-22)18-23(25(24)32)26(33)28-21-9-6-4-3-5-7-10-21/h18-22H,3-17H2,1-2H3,(H,28,33)/t22-/m0/s1. The minimum absolute atomic E-state index is 0.0385. The van der Waals surface area contributed by atoms with Crippen molar-refractivity contribution in [2.45, 2.75) is 96.4 Å². The van der Waals surface area contributed by atoms with Gasteiger partial charge in [-0.05, 0) is 39.5 Å². The molecule has 3 fully saturated rings. The summed E-state index contributed by atoms with van der Waals surface area (Å²) in [5.41, 5.74) is -0.309. The molecule has 3 heterocycles. The molecule has 1 aliphatic carbocycles. The van der Waals surface area contributed by atoms with E-state index in [1.165, 1.54) is 19.3 Å². The van der Waals surface area contributed by atoms with E-state index < -0.39 is 5.43 Å². The van der Waals surface area contributed by atoms with Crippen molar-refractivity contribution in [2.24, 2.45) is 0 Å². The molecule has 0 unspecified atom stereocenters. The maximum absolute atomic E-state index is 13.5. The van der Waals surface area contributed by atoms with E-state index >= 15 is 0 Å². The van der Waals surface area contributed by atoms with E-state index in [1.54, 1.807) is 17.3 Å². The van der Waals surface area contributed by atoms with Crippen molar-refractivity contribution in [3.05, 3.63) is 33.7 Å². The van der Waals surface area contributed by atoms with Crippen LogP contribution in [-0.2, 0) is 11.3 Å². The van der Waals surface area contributed by atoms with Gasteiger partial charge in [-0.15, -0.1) is 0 Å². The van der Waals surface area contributed by atoms with Gasteiger partial charge in [-0.2, -0.15) is 0 Å². The van der Waals surface area contributed by atoms with Gasteiger partial charge in [0.2, 0.25) is 5.43 Å². The van der Waals surface area contributed by atoms with E-state index in [4.69, 9.17) is 4.74 Å². The first-order valence-electron chi connectivity index (χ1n) is 13.6. The normalized spacial score (nSPS) is 22.7. The zero-order valence-corrected chi connectivity index (χ0v) is 21.5. The fourth-order valence-corrected chi connectivity index (χ4v) is 5.55. The van der Waals surface area contributed by atoms with E-state index in [-0.39, 0.29) is 35.1 Å². The first-order chi connectivity index (χ1) is 16.9. The molecule has 2 amide bonds. The summed E-state index contributed by atoms with van der Waals surface area (Å²) in [7, 11) is 0. The molecular formula is C27H42N4O4. The van der Waals surface area contributed by atoms with Gasteiger partial charge in [-0.25, -0.2) is 0 Å². The van der Waals surface area contributed by atoms with Crippen LogP contribution in [0.25, 0.3) is 0 Å². The number of amides is 2. The smallest absolute Gasteiger partial charge is 0.259 e. The van der Waals surface area contributed by atoms with Gasteiger partial charge < -0.3 is 19.5 Å². The Morgan fingerprint density at radius 1 is 0.943 bits per heavy atom. The minimum Gasteiger partial charge on any atom is -0.376 e. The van der Waals surface area contributed by atoms with Gasteiger partial charge in [0, 0.05) is 63.8 Å². The van der Waals surface area contributed by atoms with Crippen LogP contribution in [0, 0.1) is 0 Å². The third-order valence-electron chi connectivity index (χ3n) is 7.76. The number of ether oxygens (including phenoxy) is 1. The molecule has 1 saturated carbocycles. The zero-order valence-electron chi connectivity index (χ0n) is 21.5. The molecule has 8 heteroatoms. The fraction of sp³-hybridized carbons (Fsp3) is 0.741. The number of aromatic nitrogens is 1. The maximum atomic E-state index is 13.5. The van der Waals surface area contributed by atoms with Crippen molar-refractivity contribution in [3.63, 3.8) is 0 Å². The number of carbonyl (C=O) groups is 2. The van der Waals surface area contributed by atoms with Crippen LogP contribution in [0.1, 0.15) is 92.4 Å². The van der Waals surface area contributed by atoms with Crippen LogP contribution in [0.4, 0.5) is 0 Å². The molecule has 8 nitrogen and oxygen atoms in total. The summed E-state index contributed by atoms with van der Waals surface area (Å²) in [4.78, 5) is 44.3. The number of hydrogen-bond donors (Lipinski definition) is 1. The zero-order chi connectivity index (χ0) is 24.8. The Morgan fingerprint density at radius 3 is 2.23 bits per heavy atom. The molecular weight excluding hydrogens is 444 g/mol. The molecule has 4 rings (SSSR count). The van der Waals surface area contributed by atoms with E-state index in [2.05, 4.69) is 24.1 Å². The number of rotatable bonds is 6. The van der Waals surface area contributed by atoms with Crippen LogP contribution < -0.4 is 10.7 Å². The second-order valence-electron chi connectivity index (χ2n) is 10.7. The van der Waals surface area contributed by atoms with Gasteiger partial charge in [-0.1, -0.05) is 32.1 Å². The lowest BCUT2D eigenvalue weighted by Gasteiger charge is -2.36. The van der Waals surface area contributed by atoms with Crippen LogP contribution in [0.5, 0.6) is 0 Å². The predicted molar refractivity (Wildman–Crippen MR) is 136 cm³/mol. The lowest BCUT2D eigenvalue weighted by Crippen LogP contribution is -2.51. The number of nitrogens with one attached hydrogen (secondary N) is 1. The fourth-order valence-electron chi connectivity index (χ4n) is 5.55. The summed E-state index contributed by atoms with van der Waals surface area (Å²) in [5, 5.41) is 3.11. The highest BCUT2D eigenvalue weighted by atomic mass is 16.5. The van der Waals surface area contributed by atoms with Gasteiger partial charge in [0.05, 0.1) is 6.10 Å². The number of carbonyl (C=O) groups excluding carboxylic acids is 2. The van der Waals surface area contributed by atoms with Crippen molar-refractivity contribution in [1.82, 2.24) is 19.7 Å². The lowest BCUT2D eigenvalue weighted by molar-refractivity contribution is 0.0592. The molecule has 1 N–H and O–H groups in total. The van der Waals surface area contributed by atoms with Crippen LogP contribution in [0.15, 0.2) is 17.2 Å². The lowest BCUT2D eigenvalue weighted by atomic mass is 9.96. The third kappa shape index (κ3) is 6.73. The first kappa shape index (κ1) is 25.9. The number of nitrogens with zero attached hydrogens (tertiary/aromatic N) is 3. The summed E-state index contributed by atoms with van der Waals surface area (Å²) in [5.74, 6) is -0.638. The highest BCUT2D eigenvalue weighted by Gasteiger charge is 2.28. The Hall–Kier alpha value is -2.19. The first-order valence-corrected chi connectivity index (χ1v) is 13.6. The highest BCUT2D eigenvalue weighted by Crippen LogP contribution is 2.18. The van der Waals surface area contributed by atoms with Crippen LogP contribution in [0.2, 0.25) is 0 Å². The summed E-state index contributed by atoms with van der Waals surface area (Å²) in [6, 6.07) is 0.508. The van der Waals surface area contributed by atoms with Crippen molar-refractivity contribution in [1.29, 1.82) is 0 Å². The predicted octanol–water partition coefficient (Wildman–Crippen LogP) is 3.04. The van der Waals surface area contributed by atoms with E-state index in [1.807, 2.05) is 4.57 Å². The number of hydrogen-bond acceptors (Lipinski definition) is 5. The Balaban J connectivity index is 1.56. The van der Waals surface area contributed by atoms with E-state index in [0.717, 1.165) is 58.2 Å². The van der Waals surface area contributed by atoms with Crippen molar-refractivity contribution >= 4 is 11.8 Å². The third-order valence-corrected chi connectivity index (χ3v) is 7.76. The SMILES string of the molecule is CC(C)N1CCN(C(=O)c2cn(C[C@@H]3CCCO3)cc(C(=O)NC3CCCCCCC3)c2=O)CC1. The second kappa shape index (κ2) is 12.2. The molecule has 0 bridgehead atoms. The van der Waals surface area contributed by atoms with Gasteiger partial charge in [0.25, 0.3) is 11.8 Å². The molecule has 1 aromatic rings. The summed E-state index contributed by atoms with van der Waals surface area (Å²) >= 11 is 0. The Morgan fingerprint density at radius 2 is 1.60 bits per heavy atom. The minimum atomic E-state index is -0.465. The topological polar surface area (TPSA) is 83.9 Å². The number of piperazine rings is 1. The molecule has 2 aliphatic heterocycles. The molecule has 0 radical (unpaired) electrons. The Labute approximate surface area is 209 Å². The van der Waals surface area contributed by atoms with Crippen LogP contribution in [0.3, 0.4) is 0 Å².